The van der Waals surface area contributed by atoms with Crippen molar-refractivity contribution in [2.75, 3.05) is 17.7 Å². The molecule has 166 valence electrons. The van der Waals surface area contributed by atoms with Crippen molar-refractivity contribution in [3.63, 3.8) is 0 Å². The SMILES string of the molecule is COc1ccccc1NC(=O)c1oc2ccccc2c1NC(=O)c1ccc(C)c([N+](=O)[O-])c1. The zero-order valence-corrected chi connectivity index (χ0v) is 17.7. The number of amides is 2. The third kappa shape index (κ3) is 4.24. The van der Waals surface area contributed by atoms with E-state index in [2.05, 4.69) is 10.6 Å². The van der Waals surface area contributed by atoms with Gasteiger partial charge in [-0.05, 0) is 37.3 Å². The Hall–Kier alpha value is -4.66. The van der Waals surface area contributed by atoms with Gasteiger partial charge in [-0.2, -0.15) is 0 Å². The highest BCUT2D eigenvalue weighted by Crippen LogP contribution is 2.33. The lowest BCUT2D eigenvalue weighted by atomic mass is 10.1. The van der Waals surface area contributed by atoms with E-state index in [4.69, 9.17) is 9.15 Å². The molecule has 0 spiro atoms. The summed E-state index contributed by atoms with van der Waals surface area (Å²) in [6, 6.07) is 17.9. The second-order valence-corrected chi connectivity index (χ2v) is 7.17. The Kier molecular flexibility index (Phi) is 5.77. The molecule has 1 aromatic heterocycles. The van der Waals surface area contributed by atoms with Gasteiger partial charge in [0.05, 0.1) is 17.7 Å². The quantitative estimate of drug-likeness (QED) is 0.312. The van der Waals surface area contributed by atoms with Gasteiger partial charge in [0.25, 0.3) is 17.5 Å². The van der Waals surface area contributed by atoms with E-state index in [9.17, 15) is 19.7 Å². The van der Waals surface area contributed by atoms with Gasteiger partial charge >= 0.3 is 0 Å². The maximum Gasteiger partial charge on any atom is 0.293 e. The monoisotopic (exact) mass is 445 g/mol. The molecule has 0 fully saturated rings. The number of nitrogens with one attached hydrogen (secondary N) is 2. The highest BCUT2D eigenvalue weighted by Gasteiger charge is 2.24. The van der Waals surface area contributed by atoms with Crippen LogP contribution in [0, 0.1) is 17.0 Å². The van der Waals surface area contributed by atoms with E-state index in [1.165, 1.54) is 25.3 Å². The molecule has 0 aliphatic heterocycles. The van der Waals surface area contributed by atoms with Gasteiger partial charge in [0, 0.05) is 22.6 Å². The van der Waals surface area contributed by atoms with Crippen LogP contribution < -0.4 is 15.4 Å². The Bertz CT molecular complexity index is 1390. The van der Waals surface area contributed by atoms with Crippen molar-refractivity contribution < 1.29 is 23.7 Å². The van der Waals surface area contributed by atoms with Crippen molar-refractivity contribution in [2.24, 2.45) is 0 Å². The number of benzene rings is 3. The average Bonchev–Trinajstić information content (AvgIpc) is 3.18. The van der Waals surface area contributed by atoms with Crippen LogP contribution in [0.4, 0.5) is 17.1 Å². The molecule has 0 saturated heterocycles. The third-order valence-electron chi connectivity index (χ3n) is 5.06. The van der Waals surface area contributed by atoms with Crippen molar-refractivity contribution in [1.82, 2.24) is 0 Å². The van der Waals surface area contributed by atoms with Crippen molar-refractivity contribution in [1.29, 1.82) is 0 Å². The highest BCUT2D eigenvalue weighted by atomic mass is 16.6. The number of fused-ring (bicyclic) bond motifs is 1. The molecule has 2 N–H and O–H groups in total. The maximum atomic E-state index is 13.1. The molecule has 0 aliphatic rings. The number of para-hydroxylation sites is 3. The summed E-state index contributed by atoms with van der Waals surface area (Å²) in [6.07, 6.45) is 0. The summed E-state index contributed by atoms with van der Waals surface area (Å²) < 4.78 is 11.0. The fourth-order valence-corrected chi connectivity index (χ4v) is 3.39. The average molecular weight is 445 g/mol. The van der Waals surface area contributed by atoms with Gasteiger partial charge in [0.2, 0.25) is 5.76 Å². The van der Waals surface area contributed by atoms with E-state index in [-0.39, 0.29) is 22.7 Å². The standard InChI is InChI=1S/C24H19N3O6/c1-14-11-12-15(13-18(14)27(30)31)23(28)26-21-16-7-3-5-9-19(16)33-22(21)24(29)25-17-8-4-6-10-20(17)32-2/h3-13H,1-2H3,(H,25,29)(H,26,28). The van der Waals surface area contributed by atoms with Crippen molar-refractivity contribution >= 4 is 39.8 Å². The van der Waals surface area contributed by atoms with Gasteiger partial charge in [-0.15, -0.1) is 0 Å². The Morgan fingerprint density at radius 3 is 2.45 bits per heavy atom. The fraction of sp³-hybridized carbons (Fsp3) is 0.0833. The summed E-state index contributed by atoms with van der Waals surface area (Å²) in [5, 5.41) is 17.2. The lowest BCUT2D eigenvalue weighted by molar-refractivity contribution is -0.385. The number of carbonyl (C=O) groups excluding carboxylic acids is 2. The first-order chi connectivity index (χ1) is 15.9. The van der Waals surface area contributed by atoms with Gasteiger partial charge in [0.1, 0.15) is 17.0 Å². The molecule has 0 bridgehead atoms. The van der Waals surface area contributed by atoms with Gasteiger partial charge < -0.3 is 19.8 Å². The first-order valence-corrected chi connectivity index (χ1v) is 9.91. The predicted octanol–water partition coefficient (Wildman–Crippen LogP) is 5.16. The second-order valence-electron chi connectivity index (χ2n) is 7.17. The van der Waals surface area contributed by atoms with Crippen LogP contribution in [0.15, 0.2) is 71.1 Å². The molecular formula is C24H19N3O6. The van der Waals surface area contributed by atoms with Crippen LogP contribution >= 0.6 is 0 Å². The molecule has 1 heterocycles. The Morgan fingerprint density at radius 1 is 0.970 bits per heavy atom. The Labute approximate surface area is 188 Å². The van der Waals surface area contributed by atoms with E-state index < -0.39 is 16.7 Å². The van der Waals surface area contributed by atoms with Gasteiger partial charge in [-0.1, -0.05) is 30.3 Å². The Balaban J connectivity index is 1.71. The van der Waals surface area contributed by atoms with Crippen LogP contribution in [0.5, 0.6) is 5.75 Å². The van der Waals surface area contributed by atoms with Crippen LogP contribution in [0.25, 0.3) is 11.0 Å². The maximum absolute atomic E-state index is 13.1. The molecule has 2 amide bonds. The molecule has 9 nitrogen and oxygen atoms in total. The van der Waals surface area contributed by atoms with Crippen LogP contribution in [-0.4, -0.2) is 23.8 Å². The largest absolute Gasteiger partial charge is 0.495 e. The Morgan fingerprint density at radius 2 is 1.70 bits per heavy atom. The van der Waals surface area contributed by atoms with Crippen LogP contribution in [-0.2, 0) is 0 Å². The van der Waals surface area contributed by atoms with E-state index in [0.717, 1.165) is 0 Å². The fourth-order valence-electron chi connectivity index (χ4n) is 3.39. The number of aryl methyl sites for hydroxylation is 1. The van der Waals surface area contributed by atoms with Crippen LogP contribution in [0.2, 0.25) is 0 Å². The third-order valence-corrected chi connectivity index (χ3v) is 5.06. The summed E-state index contributed by atoms with van der Waals surface area (Å²) in [6.45, 7) is 1.59. The minimum absolute atomic E-state index is 0.0775. The number of methoxy groups -OCH3 is 1. The molecule has 0 aliphatic carbocycles. The van der Waals surface area contributed by atoms with Crippen molar-refractivity contribution in [3.05, 3.63) is 93.7 Å². The van der Waals surface area contributed by atoms with Crippen molar-refractivity contribution in [3.8, 4) is 5.75 Å². The van der Waals surface area contributed by atoms with E-state index >= 15 is 0 Å². The van der Waals surface area contributed by atoms with Crippen LogP contribution in [0.1, 0.15) is 26.5 Å². The molecule has 9 heteroatoms. The summed E-state index contributed by atoms with van der Waals surface area (Å²) >= 11 is 0. The molecule has 0 radical (unpaired) electrons. The first-order valence-electron chi connectivity index (χ1n) is 9.91. The molecule has 0 unspecified atom stereocenters. The lowest BCUT2D eigenvalue weighted by Crippen LogP contribution is -2.17. The zero-order valence-electron chi connectivity index (χ0n) is 17.7. The number of nitrogens with zero attached hydrogens (tertiary/aromatic N) is 1. The van der Waals surface area contributed by atoms with Gasteiger partial charge in [-0.25, -0.2) is 0 Å². The number of furan rings is 1. The number of nitro benzene ring substituents is 1. The number of ether oxygens (including phenoxy) is 1. The summed E-state index contributed by atoms with van der Waals surface area (Å²) in [5.74, 6) is -0.867. The highest BCUT2D eigenvalue weighted by molar-refractivity contribution is 6.17. The summed E-state index contributed by atoms with van der Waals surface area (Å²) in [5.41, 5.74) is 1.32. The minimum Gasteiger partial charge on any atom is -0.495 e. The number of hydrogen-bond donors (Lipinski definition) is 2. The second kappa shape index (κ2) is 8.83. The molecule has 0 saturated carbocycles. The van der Waals surface area contributed by atoms with E-state index in [1.807, 2.05) is 0 Å². The molecule has 3 aromatic carbocycles. The number of rotatable bonds is 6. The number of hydrogen-bond acceptors (Lipinski definition) is 6. The van der Waals surface area contributed by atoms with Crippen molar-refractivity contribution in [2.45, 2.75) is 6.92 Å². The summed E-state index contributed by atoms with van der Waals surface area (Å²) in [7, 11) is 1.48. The molecule has 33 heavy (non-hydrogen) atoms. The first kappa shape index (κ1) is 21.6. The number of anilines is 2. The molecule has 4 aromatic rings. The molecule has 0 atom stereocenters. The van der Waals surface area contributed by atoms with E-state index in [1.54, 1.807) is 55.5 Å². The molecular weight excluding hydrogens is 426 g/mol. The molecule has 4 rings (SSSR count). The van der Waals surface area contributed by atoms with Crippen LogP contribution in [0.3, 0.4) is 0 Å². The van der Waals surface area contributed by atoms with E-state index in [0.29, 0.717) is 28.0 Å². The topological polar surface area (TPSA) is 124 Å². The number of carbonyl (C=O) groups is 2. The number of nitro groups is 1. The smallest absolute Gasteiger partial charge is 0.293 e. The van der Waals surface area contributed by atoms with Gasteiger partial charge in [-0.3, -0.25) is 19.7 Å². The predicted molar refractivity (Wildman–Crippen MR) is 123 cm³/mol. The van der Waals surface area contributed by atoms with Gasteiger partial charge in [0.15, 0.2) is 0 Å². The zero-order chi connectivity index (χ0) is 23.5. The minimum atomic E-state index is -0.615. The lowest BCUT2D eigenvalue weighted by Gasteiger charge is -2.10. The normalized spacial score (nSPS) is 10.6. The summed E-state index contributed by atoms with van der Waals surface area (Å²) in [4.78, 5) is 36.7.